The van der Waals surface area contributed by atoms with Crippen LogP contribution in [0.5, 0.6) is 0 Å². The van der Waals surface area contributed by atoms with Gasteiger partial charge in [0.2, 0.25) is 5.91 Å². The highest BCUT2D eigenvalue weighted by Crippen LogP contribution is 2.06. The number of nitrogens with two attached hydrogens (primary N) is 1. The molecule has 17 heavy (non-hydrogen) atoms. The van der Waals surface area contributed by atoms with E-state index in [1.807, 2.05) is 12.1 Å². The molecule has 1 aromatic rings. The van der Waals surface area contributed by atoms with Crippen molar-refractivity contribution >= 4 is 23.1 Å². The second-order valence-corrected chi connectivity index (χ2v) is 4.28. The maximum Gasteiger partial charge on any atom is 0.229 e. The maximum atomic E-state index is 11.7. The summed E-state index contributed by atoms with van der Waals surface area (Å²) in [5.74, 6) is -0.607. The summed E-state index contributed by atoms with van der Waals surface area (Å²) in [6.45, 7) is 4.16. The molecular formula is C12H17N3OS. The van der Waals surface area contributed by atoms with Crippen molar-refractivity contribution in [1.82, 2.24) is 10.3 Å². The number of pyridine rings is 1. The first-order valence-electron chi connectivity index (χ1n) is 5.56. The molecule has 4 nitrogen and oxygen atoms in total. The van der Waals surface area contributed by atoms with E-state index in [1.165, 1.54) is 0 Å². The molecule has 3 N–H and O–H groups in total. The van der Waals surface area contributed by atoms with E-state index < -0.39 is 5.92 Å². The van der Waals surface area contributed by atoms with Crippen molar-refractivity contribution in [2.45, 2.75) is 26.8 Å². The third-order valence-electron chi connectivity index (χ3n) is 2.62. The predicted octanol–water partition coefficient (Wildman–Crippen LogP) is 1.18. The number of hydrogen-bond donors (Lipinski definition) is 2. The lowest BCUT2D eigenvalue weighted by atomic mass is 10.1. The van der Waals surface area contributed by atoms with Gasteiger partial charge in [-0.25, -0.2) is 0 Å². The summed E-state index contributed by atoms with van der Waals surface area (Å²) in [6.07, 6.45) is 2.61. The van der Waals surface area contributed by atoms with Gasteiger partial charge in [-0.3, -0.25) is 9.78 Å². The lowest BCUT2D eigenvalue weighted by Crippen LogP contribution is -2.36. The number of carbonyl (C=O) groups excluding carboxylic acids is 1. The van der Waals surface area contributed by atoms with Gasteiger partial charge in [0, 0.05) is 6.20 Å². The molecule has 0 radical (unpaired) electrons. The first-order valence-corrected chi connectivity index (χ1v) is 5.96. The zero-order chi connectivity index (χ0) is 12.8. The summed E-state index contributed by atoms with van der Waals surface area (Å²) >= 11 is 4.78. The summed E-state index contributed by atoms with van der Waals surface area (Å²) in [7, 11) is 0. The predicted molar refractivity (Wildman–Crippen MR) is 71.4 cm³/mol. The van der Waals surface area contributed by atoms with Crippen molar-refractivity contribution in [2.75, 3.05) is 0 Å². The highest BCUT2D eigenvalue weighted by Gasteiger charge is 2.15. The number of aromatic nitrogens is 1. The maximum absolute atomic E-state index is 11.7. The van der Waals surface area contributed by atoms with Crippen molar-refractivity contribution in [3.63, 3.8) is 0 Å². The molecular weight excluding hydrogens is 234 g/mol. The minimum atomic E-state index is -0.446. The molecule has 1 aromatic heterocycles. The molecule has 1 amide bonds. The Balaban J connectivity index is 2.61. The highest BCUT2D eigenvalue weighted by molar-refractivity contribution is 7.80. The fourth-order valence-corrected chi connectivity index (χ4v) is 1.51. The molecule has 0 aliphatic carbocycles. The van der Waals surface area contributed by atoms with E-state index >= 15 is 0 Å². The molecule has 0 aromatic carbocycles. The van der Waals surface area contributed by atoms with Crippen molar-refractivity contribution < 1.29 is 4.79 Å². The molecule has 0 fully saturated rings. The van der Waals surface area contributed by atoms with Crippen LogP contribution in [-0.4, -0.2) is 15.9 Å². The minimum Gasteiger partial charge on any atom is -0.393 e. The number of rotatable bonds is 5. The molecule has 0 aliphatic heterocycles. The van der Waals surface area contributed by atoms with E-state index in [4.69, 9.17) is 18.0 Å². The molecule has 1 heterocycles. The number of carbonyl (C=O) groups is 1. The van der Waals surface area contributed by atoms with Crippen LogP contribution in [0.4, 0.5) is 0 Å². The lowest BCUT2D eigenvalue weighted by molar-refractivity contribution is -0.122. The Morgan fingerprint density at radius 2 is 2.35 bits per heavy atom. The number of nitrogens with one attached hydrogen (secondary N) is 1. The molecule has 0 saturated carbocycles. The molecule has 5 heteroatoms. The van der Waals surface area contributed by atoms with Crippen LogP contribution < -0.4 is 11.1 Å². The summed E-state index contributed by atoms with van der Waals surface area (Å²) in [4.78, 5) is 16.1. The van der Waals surface area contributed by atoms with Gasteiger partial charge in [-0.05, 0) is 25.0 Å². The molecule has 0 spiro atoms. The number of aryl methyl sites for hydroxylation is 1. The average molecular weight is 251 g/mol. The SMILES string of the molecule is CCc1cccnc1CNC(=O)C(C)C(N)=S. The van der Waals surface area contributed by atoms with Crippen LogP contribution in [0.2, 0.25) is 0 Å². The molecule has 0 aliphatic rings. The zero-order valence-corrected chi connectivity index (χ0v) is 10.9. The normalized spacial score (nSPS) is 11.9. The molecule has 1 unspecified atom stereocenters. The Bertz CT molecular complexity index is 420. The Labute approximate surface area is 107 Å². The van der Waals surface area contributed by atoms with E-state index in [-0.39, 0.29) is 10.9 Å². The smallest absolute Gasteiger partial charge is 0.229 e. The van der Waals surface area contributed by atoms with E-state index in [0.717, 1.165) is 17.7 Å². The number of hydrogen-bond acceptors (Lipinski definition) is 3. The Kier molecular flexibility index (Phi) is 5.03. The van der Waals surface area contributed by atoms with Crippen LogP contribution >= 0.6 is 12.2 Å². The first kappa shape index (κ1) is 13.6. The van der Waals surface area contributed by atoms with Gasteiger partial charge >= 0.3 is 0 Å². The zero-order valence-electron chi connectivity index (χ0n) is 10.1. The Hall–Kier alpha value is -1.49. The highest BCUT2D eigenvalue weighted by atomic mass is 32.1. The second kappa shape index (κ2) is 6.30. The summed E-state index contributed by atoms with van der Waals surface area (Å²) < 4.78 is 0. The van der Waals surface area contributed by atoms with Crippen molar-refractivity contribution in [2.24, 2.45) is 11.7 Å². The molecule has 92 valence electrons. The lowest BCUT2D eigenvalue weighted by Gasteiger charge is -2.11. The van der Waals surface area contributed by atoms with Gasteiger partial charge in [-0.15, -0.1) is 0 Å². The van der Waals surface area contributed by atoms with E-state index in [1.54, 1.807) is 13.1 Å². The molecule has 0 bridgehead atoms. The largest absolute Gasteiger partial charge is 0.393 e. The monoisotopic (exact) mass is 251 g/mol. The van der Waals surface area contributed by atoms with Crippen LogP contribution in [0.3, 0.4) is 0 Å². The molecule has 1 rings (SSSR count). The number of thiocarbonyl (C=S) groups is 1. The average Bonchev–Trinajstić information content (AvgIpc) is 2.35. The third-order valence-corrected chi connectivity index (χ3v) is 2.97. The van der Waals surface area contributed by atoms with E-state index in [2.05, 4.69) is 17.2 Å². The Morgan fingerprint density at radius 1 is 1.65 bits per heavy atom. The van der Waals surface area contributed by atoms with Gasteiger partial charge < -0.3 is 11.1 Å². The van der Waals surface area contributed by atoms with Crippen LogP contribution in [0.1, 0.15) is 25.1 Å². The van der Waals surface area contributed by atoms with Gasteiger partial charge in [-0.2, -0.15) is 0 Å². The quantitative estimate of drug-likeness (QED) is 0.771. The van der Waals surface area contributed by atoms with E-state index in [9.17, 15) is 4.79 Å². The summed E-state index contributed by atoms with van der Waals surface area (Å²) in [5.41, 5.74) is 7.44. The van der Waals surface area contributed by atoms with Gasteiger partial charge in [0.05, 0.1) is 23.1 Å². The fourth-order valence-electron chi connectivity index (χ4n) is 1.41. The standard InChI is InChI=1S/C12H17N3OS/c1-3-9-5-4-6-14-10(9)7-15-12(16)8(2)11(13)17/h4-6,8H,3,7H2,1-2H3,(H2,13,17)(H,15,16). The van der Waals surface area contributed by atoms with Gasteiger partial charge in [0.15, 0.2) is 0 Å². The fraction of sp³-hybridized carbons (Fsp3) is 0.417. The molecule has 0 saturated heterocycles. The van der Waals surface area contributed by atoms with Crippen molar-refractivity contribution in [3.05, 3.63) is 29.6 Å². The summed E-state index contributed by atoms with van der Waals surface area (Å²) in [6, 6.07) is 3.90. The van der Waals surface area contributed by atoms with Crippen molar-refractivity contribution in [1.29, 1.82) is 0 Å². The van der Waals surface area contributed by atoms with Gasteiger partial charge in [0.25, 0.3) is 0 Å². The second-order valence-electron chi connectivity index (χ2n) is 3.80. The minimum absolute atomic E-state index is 0.162. The van der Waals surface area contributed by atoms with Gasteiger partial charge in [-0.1, -0.05) is 25.2 Å². The Morgan fingerprint density at radius 3 is 2.94 bits per heavy atom. The van der Waals surface area contributed by atoms with Crippen LogP contribution in [0.15, 0.2) is 18.3 Å². The summed E-state index contributed by atoms with van der Waals surface area (Å²) in [5, 5.41) is 2.79. The van der Waals surface area contributed by atoms with Crippen LogP contribution in [-0.2, 0) is 17.8 Å². The number of nitrogens with zero attached hydrogens (tertiary/aromatic N) is 1. The number of amides is 1. The van der Waals surface area contributed by atoms with Gasteiger partial charge in [0.1, 0.15) is 0 Å². The van der Waals surface area contributed by atoms with Crippen molar-refractivity contribution in [3.8, 4) is 0 Å². The third kappa shape index (κ3) is 3.78. The topological polar surface area (TPSA) is 68.0 Å². The molecule has 1 atom stereocenters. The van der Waals surface area contributed by atoms with Crippen LogP contribution in [0, 0.1) is 5.92 Å². The first-order chi connectivity index (χ1) is 8.06. The van der Waals surface area contributed by atoms with Crippen LogP contribution in [0.25, 0.3) is 0 Å². The van der Waals surface area contributed by atoms with E-state index in [0.29, 0.717) is 6.54 Å².